The van der Waals surface area contributed by atoms with E-state index < -0.39 is 0 Å². The van der Waals surface area contributed by atoms with Gasteiger partial charge in [0.1, 0.15) is 11.1 Å². The molecular formula is C12H12Cl2N2O. The molecule has 0 aliphatic rings. The molecule has 1 unspecified atom stereocenters. The molecule has 1 aromatic heterocycles. The molecule has 0 amide bonds. The SMILES string of the molecule is CCC(Cl)c1nc2ccc(Cl)cc2c(C)[n+]1[O-]. The van der Waals surface area contributed by atoms with E-state index in [2.05, 4.69) is 4.98 Å². The smallest absolute Gasteiger partial charge is 0.320 e. The van der Waals surface area contributed by atoms with Gasteiger partial charge in [0.2, 0.25) is 0 Å². The molecule has 1 aromatic carbocycles. The van der Waals surface area contributed by atoms with Crippen LogP contribution in [0.15, 0.2) is 18.2 Å². The maximum absolute atomic E-state index is 12.0. The molecule has 0 N–H and O–H groups in total. The summed E-state index contributed by atoms with van der Waals surface area (Å²) in [7, 11) is 0. The van der Waals surface area contributed by atoms with Crippen LogP contribution >= 0.6 is 23.2 Å². The van der Waals surface area contributed by atoms with E-state index in [0.29, 0.717) is 23.0 Å². The predicted molar refractivity (Wildman–Crippen MR) is 69.3 cm³/mol. The Hall–Kier alpha value is -1.06. The van der Waals surface area contributed by atoms with Crippen LogP contribution in [-0.2, 0) is 0 Å². The van der Waals surface area contributed by atoms with Gasteiger partial charge in [-0.25, -0.2) is 4.73 Å². The molecule has 0 saturated carbocycles. The Bertz CT molecular complexity index is 572. The molecule has 2 rings (SSSR count). The number of hydrogen-bond acceptors (Lipinski definition) is 2. The number of alkyl halides is 1. The average Bonchev–Trinajstić information content (AvgIpc) is 2.33. The van der Waals surface area contributed by atoms with Gasteiger partial charge in [-0.1, -0.05) is 18.5 Å². The van der Waals surface area contributed by atoms with Crippen LogP contribution in [0.1, 0.15) is 30.2 Å². The average molecular weight is 271 g/mol. The van der Waals surface area contributed by atoms with Gasteiger partial charge in [-0.05, 0) is 36.5 Å². The Kier molecular flexibility index (Phi) is 3.40. The van der Waals surface area contributed by atoms with Crippen molar-refractivity contribution in [2.45, 2.75) is 25.6 Å². The number of hydrogen-bond donors (Lipinski definition) is 0. The molecule has 90 valence electrons. The summed E-state index contributed by atoms with van der Waals surface area (Å²) in [6, 6.07) is 5.30. The second kappa shape index (κ2) is 4.67. The summed E-state index contributed by atoms with van der Waals surface area (Å²) in [6.07, 6.45) is 0.662. The molecule has 1 heterocycles. The number of rotatable bonds is 2. The number of aromatic nitrogens is 2. The quantitative estimate of drug-likeness (QED) is 0.476. The summed E-state index contributed by atoms with van der Waals surface area (Å²) in [6.45, 7) is 3.66. The summed E-state index contributed by atoms with van der Waals surface area (Å²) >= 11 is 12.0. The van der Waals surface area contributed by atoms with E-state index in [-0.39, 0.29) is 5.38 Å². The van der Waals surface area contributed by atoms with Crippen molar-refractivity contribution >= 4 is 34.1 Å². The van der Waals surface area contributed by atoms with E-state index in [0.717, 1.165) is 15.6 Å². The molecule has 0 saturated heterocycles. The molecule has 5 heteroatoms. The zero-order chi connectivity index (χ0) is 12.6. The lowest BCUT2D eigenvalue weighted by molar-refractivity contribution is -0.623. The van der Waals surface area contributed by atoms with Gasteiger partial charge in [0.05, 0.1) is 5.39 Å². The summed E-state index contributed by atoms with van der Waals surface area (Å²) in [4.78, 5) is 4.31. The van der Waals surface area contributed by atoms with Crippen LogP contribution in [0.4, 0.5) is 0 Å². The van der Waals surface area contributed by atoms with Crippen LogP contribution in [-0.4, -0.2) is 4.98 Å². The molecule has 2 aromatic rings. The molecule has 3 nitrogen and oxygen atoms in total. The molecule has 0 aliphatic carbocycles. The fourth-order valence-electron chi connectivity index (χ4n) is 1.73. The molecule has 0 spiro atoms. The fraction of sp³-hybridized carbons (Fsp3) is 0.333. The summed E-state index contributed by atoms with van der Waals surface area (Å²) in [5.74, 6) is 0.349. The van der Waals surface area contributed by atoms with Gasteiger partial charge in [-0.3, -0.25) is 0 Å². The Morgan fingerprint density at radius 2 is 2.18 bits per heavy atom. The van der Waals surface area contributed by atoms with Crippen LogP contribution in [0.25, 0.3) is 10.9 Å². The van der Waals surface area contributed by atoms with Crippen molar-refractivity contribution in [1.82, 2.24) is 4.98 Å². The first-order valence-electron chi connectivity index (χ1n) is 5.38. The van der Waals surface area contributed by atoms with E-state index >= 15 is 0 Å². The number of fused-ring (bicyclic) bond motifs is 1. The monoisotopic (exact) mass is 270 g/mol. The summed E-state index contributed by atoms with van der Waals surface area (Å²) in [5.41, 5.74) is 1.32. The Morgan fingerprint density at radius 1 is 1.47 bits per heavy atom. The molecule has 0 aliphatic heterocycles. The van der Waals surface area contributed by atoms with Crippen molar-refractivity contribution in [3.63, 3.8) is 0 Å². The van der Waals surface area contributed by atoms with E-state index in [1.54, 1.807) is 25.1 Å². The molecular weight excluding hydrogens is 259 g/mol. The van der Waals surface area contributed by atoms with Crippen molar-refractivity contribution in [3.8, 4) is 0 Å². The number of nitrogens with zero attached hydrogens (tertiary/aromatic N) is 2. The van der Waals surface area contributed by atoms with Crippen LogP contribution < -0.4 is 4.73 Å². The first-order chi connectivity index (χ1) is 8.04. The van der Waals surface area contributed by atoms with Crippen LogP contribution in [0.5, 0.6) is 0 Å². The standard InChI is InChI=1S/C12H12Cl2N2O/c1-3-10(14)12-15-11-5-4-8(13)6-9(11)7(2)16(12)17/h4-6,10H,3H2,1-2H3. The highest BCUT2D eigenvalue weighted by Crippen LogP contribution is 2.24. The Morgan fingerprint density at radius 3 is 2.82 bits per heavy atom. The van der Waals surface area contributed by atoms with Gasteiger partial charge < -0.3 is 5.21 Å². The maximum atomic E-state index is 12.0. The third-order valence-electron chi connectivity index (χ3n) is 2.73. The highest BCUT2D eigenvalue weighted by Gasteiger charge is 2.22. The third-order valence-corrected chi connectivity index (χ3v) is 3.47. The van der Waals surface area contributed by atoms with Crippen LogP contribution in [0.2, 0.25) is 5.02 Å². The van der Waals surface area contributed by atoms with Crippen molar-refractivity contribution in [2.24, 2.45) is 0 Å². The minimum atomic E-state index is -0.369. The topological polar surface area (TPSA) is 39.8 Å². The van der Waals surface area contributed by atoms with E-state index in [1.807, 2.05) is 6.92 Å². The minimum absolute atomic E-state index is 0.349. The molecule has 1 atom stereocenters. The van der Waals surface area contributed by atoms with E-state index in [1.165, 1.54) is 0 Å². The highest BCUT2D eigenvalue weighted by molar-refractivity contribution is 6.31. The zero-order valence-electron chi connectivity index (χ0n) is 9.58. The third kappa shape index (κ3) is 2.17. The number of benzene rings is 1. The first-order valence-corrected chi connectivity index (χ1v) is 6.19. The maximum Gasteiger partial charge on any atom is 0.320 e. The van der Waals surface area contributed by atoms with Gasteiger partial charge >= 0.3 is 5.82 Å². The second-order valence-corrected chi connectivity index (χ2v) is 4.85. The second-order valence-electron chi connectivity index (χ2n) is 3.89. The summed E-state index contributed by atoms with van der Waals surface area (Å²) in [5, 5.41) is 13.0. The predicted octanol–water partition coefficient (Wildman–Crippen LogP) is 3.52. The number of aryl methyl sites for hydroxylation is 1. The van der Waals surface area contributed by atoms with Crippen molar-refractivity contribution in [3.05, 3.63) is 39.9 Å². The van der Waals surface area contributed by atoms with Gasteiger partial charge in [0.25, 0.3) is 0 Å². The fourth-order valence-corrected chi connectivity index (χ4v) is 2.03. The first kappa shape index (κ1) is 12.4. The lowest BCUT2D eigenvalue weighted by Gasteiger charge is -2.13. The van der Waals surface area contributed by atoms with Crippen molar-refractivity contribution in [2.75, 3.05) is 0 Å². The Labute approximate surface area is 110 Å². The largest absolute Gasteiger partial charge is 0.710 e. The van der Waals surface area contributed by atoms with Crippen LogP contribution in [0.3, 0.4) is 0 Å². The molecule has 0 radical (unpaired) electrons. The normalized spacial score (nSPS) is 12.9. The van der Waals surface area contributed by atoms with Gasteiger partial charge in [-0.15, -0.1) is 11.6 Å². The van der Waals surface area contributed by atoms with Gasteiger partial charge in [0, 0.05) is 5.02 Å². The van der Waals surface area contributed by atoms with Gasteiger partial charge in [-0.2, -0.15) is 0 Å². The zero-order valence-corrected chi connectivity index (χ0v) is 11.1. The van der Waals surface area contributed by atoms with Crippen molar-refractivity contribution in [1.29, 1.82) is 0 Å². The minimum Gasteiger partial charge on any atom is -0.710 e. The Balaban J connectivity index is 2.75. The molecule has 0 fully saturated rings. The highest BCUT2D eigenvalue weighted by atomic mass is 35.5. The number of halogens is 2. The molecule has 17 heavy (non-hydrogen) atoms. The molecule has 0 bridgehead atoms. The summed E-state index contributed by atoms with van der Waals surface area (Å²) < 4.78 is 0.791. The van der Waals surface area contributed by atoms with E-state index in [4.69, 9.17) is 23.2 Å². The lowest BCUT2D eigenvalue weighted by atomic mass is 10.2. The van der Waals surface area contributed by atoms with Crippen molar-refractivity contribution < 1.29 is 4.73 Å². The van der Waals surface area contributed by atoms with Crippen LogP contribution in [0, 0.1) is 12.1 Å². The van der Waals surface area contributed by atoms with Gasteiger partial charge in [0.15, 0.2) is 5.52 Å². The van der Waals surface area contributed by atoms with E-state index in [9.17, 15) is 5.21 Å². The lowest BCUT2D eigenvalue weighted by Crippen LogP contribution is -2.37.